The summed E-state index contributed by atoms with van der Waals surface area (Å²) in [5.41, 5.74) is -0.581. The Morgan fingerprint density at radius 2 is 1.70 bits per heavy atom. The Morgan fingerprint density at radius 1 is 1.04 bits per heavy atom. The molecule has 5 nitrogen and oxygen atoms in total. The zero-order valence-electron chi connectivity index (χ0n) is 15.4. The summed E-state index contributed by atoms with van der Waals surface area (Å²) in [5, 5.41) is 3.27. The number of rotatable bonds is 2. The maximum absolute atomic E-state index is 13.0. The van der Waals surface area contributed by atoms with Crippen molar-refractivity contribution >= 4 is 11.9 Å². The first kappa shape index (κ1) is 18.2. The molecule has 3 atom stereocenters. The lowest BCUT2D eigenvalue weighted by Gasteiger charge is -2.39. The van der Waals surface area contributed by atoms with E-state index in [0.717, 1.165) is 25.8 Å². The predicted molar refractivity (Wildman–Crippen MR) is 90.0 cm³/mol. The number of nitrogens with one attached hydrogen (secondary N) is 1. The minimum Gasteiger partial charge on any atom is -0.458 e. The van der Waals surface area contributed by atoms with Gasteiger partial charge in [-0.15, -0.1) is 0 Å². The number of hydrogen-bond acceptors (Lipinski definition) is 4. The molecule has 1 unspecified atom stereocenters. The summed E-state index contributed by atoms with van der Waals surface area (Å²) in [6.45, 7) is 12.9. The summed E-state index contributed by atoms with van der Waals surface area (Å²) >= 11 is 0. The Labute approximate surface area is 140 Å². The fourth-order valence-electron chi connectivity index (χ4n) is 3.65. The van der Waals surface area contributed by atoms with Gasteiger partial charge in [-0.05, 0) is 58.4 Å². The van der Waals surface area contributed by atoms with Crippen LogP contribution in [0.15, 0.2) is 0 Å². The van der Waals surface area contributed by atoms with E-state index < -0.39 is 11.6 Å². The number of likely N-dealkylation sites (tertiary alicyclic amines) is 1. The highest BCUT2D eigenvalue weighted by atomic mass is 16.6. The van der Waals surface area contributed by atoms with Gasteiger partial charge in [-0.3, -0.25) is 4.79 Å². The van der Waals surface area contributed by atoms with Gasteiger partial charge in [0.1, 0.15) is 11.6 Å². The molecule has 0 bridgehead atoms. The topological polar surface area (TPSA) is 58.6 Å². The molecule has 2 heterocycles. The van der Waals surface area contributed by atoms with Gasteiger partial charge < -0.3 is 15.0 Å². The molecule has 132 valence electrons. The van der Waals surface area contributed by atoms with E-state index in [0.29, 0.717) is 6.42 Å². The molecular weight excluding hydrogens is 292 g/mol. The van der Waals surface area contributed by atoms with Crippen molar-refractivity contribution in [3.63, 3.8) is 0 Å². The zero-order chi connectivity index (χ0) is 17.4. The molecule has 0 spiro atoms. The number of carbonyl (C=O) groups is 2. The minimum atomic E-state index is -0.531. The third kappa shape index (κ3) is 4.25. The van der Waals surface area contributed by atoms with E-state index >= 15 is 0 Å². The highest BCUT2D eigenvalue weighted by Crippen LogP contribution is 2.37. The lowest BCUT2D eigenvalue weighted by Crippen LogP contribution is -2.55. The van der Waals surface area contributed by atoms with Crippen molar-refractivity contribution in [1.29, 1.82) is 0 Å². The highest BCUT2D eigenvalue weighted by molar-refractivity contribution is 5.89. The summed E-state index contributed by atoms with van der Waals surface area (Å²) in [6.07, 6.45) is 3.41. The monoisotopic (exact) mass is 324 g/mol. The van der Waals surface area contributed by atoms with Crippen LogP contribution in [0.5, 0.6) is 0 Å². The van der Waals surface area contributed by atoms with Crippen molar-refractivity contribution in [2.75, 3.05) is 6.54 Å². The number of carbonyl (C=O) groups excluding carboxylic acids is 2. The van der Waals surface area contributed by atoms with Crippen molar-refractivity contribution in [3.8, 4) is 0 Å². The summed E-state index contributed by atoms with van der Waals surface area (Å²) in [5.74, 6) is -0.202. The maximum atomic E-state index is 13.0. The molecule has 0 saturated carbocycles. The van der Waals surface area contributed by atoms with Crippen LogP contribution >= 0.6 is 0 Å². The summed E-state index contributed by atoms with van der Waals surface area (Å²) < 4.78 is 5.57. The molecule has 2 aliphatic heterocycles. The average molecular weight is 324 g/mol. The summed E-state index contributed by atoms with van der Waals surface area (Å²) in [7, 11) is 0. The Kier molecular flexibility index (Phi) is 5.09. The SMILES string of the molecule is CC(C)(C)OC(=O)C1CC[C@H](C(C)(C)C)N1C(=O)[C@@H]1CCCN1. The summed E-state index contributed by atoms with van der Waals surface area (Å²) in [6, 6.07) is -0.522. The quantitative estimate of drug-likeness (QED) is 0.793. The van der Waals surface area contributed by atoms with Crippen LogP contribution in [0, 0.1) is 5.41 Å². The van der Waals surface area contributed by atoms with Crippen LogP contribution in [0.2, 0.25) is 0 Å². The van der Waals surface area contributed by atoms with E-state index in [1.54, 1.807) is 0 Å². The Balaban J connectivity index is 2.23. The second-order valence-electron chi connectivity index (χ2n) is 8.90. The second-order valence-corrected chi connectivity index (χ2v) is 8.90. The zero-order valence-corrected chi connectivity index (χ0v) is 15.4. The maximum Gasteiger partial charge on any atom is 0.329 e. The predicted octanol–water partition coefficient (Wildman–Crippen LogP) is 2.49. The van der Waals surface area contributed by atoms with Gasteiger partial charge in [-0.1, -0.05) is 20.8 Å². The molecular formula is C18H32N2O3. The molecule has 2 aliphatic rings. The molecule has 0 radical (unpaired) electrons. The van der Waals surface area contributed by atoms with E-state index in [9.17, 15) is 9.59 Å². The van der Waals surface area contributed by atoms with E-state index in [-0.39, 0.29) is 29.4 Å². The Bertz CT molecular complexity index is 456. The number of hydrogen-bond donors (Lipinski definition) is 1. The molecule has 2 fully saturated rings. The van der Waals surface area contributed by atoms with Gasteiger partial charge in [-0.2, -0.15) is 0 Å². The molecule has 5 heteroatoms. The number of nitrogens with zero attached hydrogens (tertiary/aromatic N) is 1. The van der Waals surface area contributed by atoms with E-state index in [2.05, 4.69) is 26.1 Å². The molecule has 1 N–H and O–H groups in total. The number of esters is 1. The van der Waals surface area contributed by atoms with Gasteiger partial charge >= 0.3 is 5.97 Å². The third-order valence-corrected chi connectivity index (χ3v) is 4.68. The minimum absolute atomic E-state index is 0.0506. The van der Waals surface area contributed by atoms with Crippen LogP contribution < -0.4 is 5.32 Å². The third-order valence-electron chi connectivity index (χ3n) is 4.68. The van der Waals surface area contributed by atoms with Crippen molar-refractivity contribution in [2.24, 2.45) is 5.41 Å². The Morgan fingerprint density at radius 3 is 2.17 bits per heavy atom. The molecule has 1 amide bonds. The molecule has 0 aromatic rings. The molecule has 2 rings (SSSR count). The first-order valence-electron chi connectivity index (χ1n) is 8.79. The molecule has 0 aromatic heterocycles. The van der Waals surface area contributed by atoms with Gasteiger partial charge in [0, 0.05) is 6.04 Å². The fourth-order valence-corrected chi connectivity index (χ4v) is 3.65. The van der Waals surface area contributed by atoms with E-state index in [1.165, 1.54) is 0 Å². The van der Waals surface area contributed by atoms with Gasteiger partial charge in [0.05, 0.1) is 6.04 Å². The van der Waals surface area contributed by atoms with Crippen LogP contribution in [0.1, 0.15) is 67.2 Å². The molecule has 0 aliphatic carbocycles. The lowest BCUT2D eigenvalue weighted by atomic mass is 9.85. The van der Waals surface area contributed by atoms with E-state index in [1.807, 2.05) is 25.7 Å². The first-order valence-corrected chi connectivity index (χ1v) is 8.79. The smallest absolute Gasteiger partial charge is 0.329 e. The van der Waals surface area contributed by atoms with Gasteiger partial charge in [0.15, 0.2) is 0 Å². The second kappa shape index (κ2) is 6.42. The molecule has 23 heavy (non-hydrogen) atoms. The van der Waals surface area contributed by atoms with Crippen LogP contribution in [-0.2, 0) is 14.3 Å². The van der Waals surface area contributed by atoms with Crippen molar-refractivity contribution < 1.29 is 14.3 Å². The number of amides is 1. The lowest BCUT2D eigenvalue weighted by molar-refractivity contribution is -0.165. The van der Waals surface area contributed by atoms with Crippen molar-refractivity contribution in [2.45, 2.75) is 91.0 Å². The average Bonchev–Trinajstić information content (AvgIpc) is 3.04. The first-order chi connectivity index (χ1) is 10.5. The van der Waals surface area contributed by atoms with Crippen LogP contribution in [0.25, 0.3) is 0 Å². The van der Waals surface area contributed by atoms with Gasteiger partial charge in [-0.25, -0.2) is 4.79 Å². The molecule has 2 saturated heterocycles. The normalized spacial score (nSPS) is 29.0. The number of ether oxygens (including phenoxy) is 1. The molecule has 0 aromatic carbocycles. The Hall–Kier alpha value is -1.10. The van der Waals surface area contributed by atoms with Crippen LogP contribution in [-0.4, -0.2) is 47.0 Å². The van der Waals surface area contributed by atoms with Gasteiger partial charge in [0.25, 0.3) is 0 Å². The fraction of sp³-hybridized carbons (Fsp3) is 0.889. The van der Waals surface area contributed by atoms with Crippen molar-refractivity contribution in [1.82, 2.24) is 10.2 Å². The standard InChI is InChI=1S/C18H32N2O3/c1-17(2,3)14-10-9-13(16(22)23-18(4,5)6)20(14)15(21)12-8-7-11-19-12/h12-14,19H,7-11H2,1-6H3/t12-,13?,14+/m0/s1. The largest absolute Gasteiger partial charge is 0.458 e. The van der Waals surface area contributed by atoms with E-state index in [4.69, 9.17) is 4.74 Å². The van der Waals surface area contributed by atoms with Gasteiger partial charge in [0.2, 0.25) is 5.91 Å². The van der Waals surface area contributed by atoms with Crippen LogP contribution in [0.3, 0.4) is 0 Å². The summed E-state index contributed by atoms with van der Waals surface area (Å²) in [4.78, 5) is 27.5. The van der Waals surface area contributed by atoms with Crippen LogP contribution in [0.4, 0.5) is 0 Å². The highest BCUT2D eigenvalue weighted by Gasteiger charge is 2.48. The van der Waals surface area contributed by atoms with Crippen molar-refractivity contribution in [3.05, 3.63) is 0 Å².